The maximum Gasteiger partial charge on any atom is 0.251 e. The van der Waals surface area contributed by atoms with E-state index in [4.69, 9.17) is 11.6 Å². The molecule has 0 radical (unpaired) electrons. The monoisotopic (exact) mass is 329 g/mol. The van der Waals surface area contributed by atoms with Gasteiger partial charge >= 0.3 is 0 Å². The molecule has 0 aromatic heterocycles. The van der Waals surface area contributed by atoms with E-state index in [1.54, 1.807) is 0 Å². The van der Waals surface area contributed by atoms with E-state index in [1.807, 2.05) is 25.1 Å². The van der Waals surface area contributed by atoms with Crippen molar-refractivity contribution in [2.45, 2.75) is 31.6 Å². The fourth-order valence-electron chi connectivity index (χ4n) is 2.27. The highest BCUT2D eigenvalue weighted by atomic mass is 79.9. The first-order valence-corrected chi connectivity index (χ1v) is 7.47. The van der Waals surface area contributed by atoms with Crippen molar-refractivity contribution in [2.24, 2.45) is 5.92 Å². The normalized spacial score (nSPS) is 23.1. The van der Waals surface area contributed by atoms with E-state index in [1.165, 1.54) is 0 Å². The summed E-state index contributed by atoms with van der Waals surface area (Å²) >= 11 is 9.50. The van der Waals surface area contributed by atoms with Gasteiger partial charge in [0.1, 0.15) is 0 Å². The van der Waals surface area contributed by atoms with Gasteiger partial charge in [0.25, 0.3) is 5.91 Å². The average Bonchev–Trinajstić information content (AvgIpc) is 2.75. The Kier molecular flexibility index (Phi) is 4.68. The fourth-order valence-corrected chi connectivity index (χ4v) is 3.03. The smallest absolute Gasteiger partial charge is 0.251 e. The first-order valence-electron chi connectivity index (χ1n) is 6.24. The van der Waals surface area contributed by atoms with Gasteiger partial charge in [-0.25, -0.2) is 0 Å². The van der Waals surface area contributed by atoms with Gasteiger partial charge in [-0.3, -0.25) is 4.79 Å². The molecule has 2 atom stereocenters. The van der Waals surface area contributed by atoms with Crippen molar-refractivity contribution < 1.29 is 4.79 Å². The molecular weight excluding hydrogens is 314 g/mol. The summed E-state index contributed by atoms with van der Waals surface area (Å²) in [7, 11) is 0. The number of nitrogens with one attached hydrogen (secondary N) is 1. The minimum atomic E-state index is -0.00581. The van der Waals surface area contributed by atoms with Crippen LogP contribution in [-0.4, -0.2) is 17.8 Å². The van der Waals surface area contributed by atoms with Crippen molar-refractivity contribution in [2.75, 3.05) is 6.54 Å². The van der Waals surface area contributed by atoms with Gasteiger partial charge in [0.05, 0.1) is 0 Å². The van der Waals surface area contributed by atoms with Gasteiger partial charge in [-0.1, -0.05) is 22.0 Å². The number of carbonyl (C=O) groups is 1. The maximum atomic E-state index is 12.0. The second kappa shape index (κ2) is 6.07. The highest BCUT2D eigenvalue weighted by molar-refractivity contribution is 9.10. The molecule has 0 aliphatic heterocycles. The summed E-state index contributed by atoms with van der Waals surface area (Å²) < 4.78 is 0.969. The Morgan fingerprint density at radius 1 is 1.50 bits per heavy atom. The molecule has 1 aliphatic rings. The van der Waals surface area contributed by atoms with Gasteiger partial charge in [0.2, 0.25) is 0 Å². The molecule has 1 amide bonds. The molecular formula is C14H17BrClNO. The van der Waals surface area contributed by atoms with Crippen molar-refractivity contribution in [3.8, 4) is 0 Å². The number of carbonyl (C=O) groups excluding carboxylic acids is 1. The van der Waals surface area contributed by atoms with Crippen LogP contribution in [0.25, 0.3) is 0 Å². The number of alkyl halides is 1. The van der Waals surface area contributed by atoms with E-state index in [9.17, 15) is 4.79 Å². The van der Waals surface area contributed by atoms with E-state index >= 15 is 0 Å². The Morgan fingerprint density at radius 3 is 2.89 bits per heavy atom. The van der Waals surface area contributed by atoms with Gasteiger partial charge < -0.3 is 5.32 Å². The average molecular weight is 331 g/mol. The highest BCUT2D eigenvalue weighted by Crippen LogP contribution is 2.28. The summed E-state index contributed by atoms with van der Waals surface area (Å²) in [6.07, 6.45) is 3.20. The largest absolute Gasteiger partial charge is 0.352 e. The standard InChI is InChI=1S/C14H17BrClNO/c1-9-2-4-11(7-13(9)15)14(18)17-8-10-3-5-12(16)6-10/h2,4,7,10,12H,3,5-6,8H2,1H3,(H,17,18). The molecule has 0 saturated heterocycles. The molecule has 0 spiro atoms. The van der Waals surface area contributed by atoms with Crippen LogP contribution >= 0.6 is 27.5 Å². The van der Waals surface area contributed by atoms with Crippen LogP contribution in [0.3, 0.4) is 0 Å². The molecule has 0 heterocycles. The molecule has 1 saturated carbocycles. The number of benzene rings is 1. The Balaban J connectivity index is 1.89. The van der Waals surface area contributed by atoms with Crippen LogP contribution in [0.5, 0.6) is 0 Å². The number of hydrogen-bond acceptors (Lipinski definition) is 1. The van der Waals surface area contributed by atoms with E-state index in [0.29, 0.717) is 16.9 Å². The topological polar surface area (TPSA) is 29.1 Å². The highest BCUT2D eigenvalue weighted by Gasteiger charge is 2.23. The van der Waals surface area contributed by atoms with Crippen LogP contribution in [0.15, 0.2) is 22.7 Å². The van der Waals surface area contributed by atoms with Crippen molar-refractivity contribution in [1.29, 1.82) is 0 Å². The molecule has 1 N–H and O–H groups in total. The lowest BCUT2D eigenvalue weighted by Crippen LogP contribution is -2.28. The molecule has 1 aromatic carbocycles. The van der Waals surface area contributed by atoms with Gasteiger partial charge in [0, 0.05) is 22.0 Å². The van der Waals surface area contributed by atoms with Crippen LogP contribution in [0, 0.1) is 12.8 Å². The minimum absolute atomic E-state index is 0.00581. The number of amides is 1. The number of rotatable bonds is 3. The molecule has 2 nitrogen and oxygen atoms in total. The third kappa shape index (κ3) is 3.48. The van der Waals surface area contributed by atoms with E-state index in [0.717, 1.165) is 35.8 Å². The van der Waals surface area contributed by atoms with E-state index in [-0.39, 0.29) is 5.91 Å². The zero-order valence-electron chi connectivity index (χ0n) is 10.4. The zero-order valence-corrected chi connectivity index (χ0v) is 12.7. The molecule has 1 fully saturated rings. The summed E-state index contributed by atoms with van der Waals surface area (Å²) in [5, 5.41) is 3.28. The second-order valence-corrected chi connectivity index (χ2v) is 6.42. The van der Waals surface area contributed by atoms with Crippen molar-refractivity contribution in [3.05, 3.63) is 33.8 Å². The minimum Gasteiger partial charge on any atom is -0.352 e. The SMILES string of the molecule is Cc1ccc(C(=O)NCC2CCC(Cl)C2)cc1Br. The Labute approximate surface area is 121 Å². The van der Waals surface area contributed by atoms with Crippen LogP contribution in [-0.2, 0) is 0 Å². The molecule has 4 heteroatoms. The quantitative estimate of drug-likeness (QED) is 0.837. The third-order valence-electron chi connectivity index (χ3n) is 3.46. The number of hydrogen-bond donors (Lipinski definition) is 1. The van der Waals surface area contributed by atoms with Crippen molar-refractivity contribution >= 4 is 33.4 Å². The van der Waals surface area contributed by atoms with Crippen LogP contribution in [0.1, 0.15) is 35.2 Å². The summed E-state index contributed by atoms with van der Waals surface area (Å²) in [6, 6.07) is 5.67. The lowest BCUT2D eigenvalue weighted by Gasteiger charge is -2.11. The molecule has 2 rings (SSSR count). The van der Waals surface area contributed by atoms with Gasteiger partial charge in [-0.05, 0) is 49.8 Å². The van der Waals surface area contributed by atoms with Gasteiger partial charge in [-0.2, -0.15) is 0 Å². The lowest BCUT2D eigenvalue weighted by molar-refractivity contribution is 0.0947. The number of aryl methyl sites for hydroxylation is 1. The summed E-state index contributed by atoms with van der Waals surface area (Å²) in [4.78, 5) is 12.0. The van der Waals surface area contributed by atoms with Crippen molar-refractivity contribution in [1.82, 2.24) is 5.32 Å². The Hall–Kier alpha value is -0.540. The Bertz CT molecular complexity index is 449. The molecule has 98 valence electrons. The van der Waals surface area contributed by atoms with Gasteiger partial charge in [-0.15, -0.1) is 11.6 Å². The van der Waals surface area contributed by atoms with E-state index in [2.05, 4.69) is 21.2 Å². The third-order valence-corrected chi connectivity index (χ3v) is 4.71. The summed E-state index contributed by atoms with van der Waals surface area (Å²) in [5.41, 5.74) is 1.83. The van der Waals surface area contributed by atoms with Crippen LogP contribution < -0.4 is 5.32 Å². The summed E-state index contributed by atoms with van der Waals surface area (Å²) in [6.45, 7) is 2.73. The van der Waals surface area contributed by atoms with Crippen LogP contribution in [0.2, 0.25) is 0 Å². The molecule has 1 aliphatic carbocycles. The number of halogens is 2. The molecule has 0 bridgehead atoms. The second-order valence-electron chi connectivity index (χ2n) is 4.95. The zero-order chi connectivity index (χ0) is 13.1. The molecule has 1 aromatic rings. The molecule has 18 heavy (non-hydrogen) atoms. The predicted molar refractivity (Wildman–Crippen MR) is 78.2 cm³/mol. The van der Waals surface area contributed by atoms with Gasteiger partial charge in [0.15, 0.2) is 0 Å². The lowest BCUT2D eigenvalue weighted by atomic mass is 10.1. The maximum absolute atomic E-state index is 12.0. The van der Waals surface area contributed by atoms with Crippen molar-refractivity contribution in [3.63, 3.8) is 0 Å². The van der Waals surface area contributed by atoms with E-state index < -0.39 is 0 Å². The molecule has 2 unspecified atom stereocenters. The first kappa shape index (κ1) is 13.9. The first-order chi connectivity index (χ1) is 8.56. The fraction of sp³-hybridized carbons (Fsp3) is 0.500. The van der Waals surface area contributed by atoms with Crippen LogP contribution in [0.4, 0.5) is 0 Å². The summed E-state index contributed by atoms with van der Waals surface area (Å²) in [5.74, 6) is 0.527. The predicted octanol–water partition coefficient (Wildman–Crippen LogP) is 3.89. The Morgan fingerprint density at radius 2 is 2.28 bits per heavy atom.